The second-order valence-electron chi connectivity index (χ2n) is 3.29. The van der Waals surface area contributed by atoms with E-state index in [1.165, 1.54) is 4.68 Å². The molecule has 0 unspecified atom stereocenters. The molecular formula is C9H6IN5O3. The summed E-state index contributed by atoms with van der Waals surface area (Å²) in [5, 5.41) is 14.6. The first-order valence-electron chi connectivity index (χ1n) is 4.64. The van der Waals surface area contributed by atoms with Crippen LogP contribution in [-0.2, 0) is 0 Å². The molecule has 9 heteroatoms. The molecule has 0 radical (unpaired) electrons. The molecule has 2 rings (SSSR count). The zero-order valence-electron chi connectivity index (χ0n) is 8.78. The Bertz CT molecular complexity index is 639. The molecule has 0 saturated heterocycles. The van der Waals surface area contributed by atoms with Gasteiger partial charge in [0.15, 0.2) is 5.82 Å². The molecule has 0 saturated carbocycles. The van der Waals surface area contributed by atoms with Gasteiger partial charge in [-0.2, -0.15) is 5.10 Å². The van der Waals surface area contributed by atoms with Gasteiger partial charge in [0, 0.05) is 12.3 Å². The molecule has 0 bridgehead atoms. The van der Waals surface area contributed by atoms with Crippen LogP contribution in [0.15, 0.2) is 24.7 Å². The molecule has 0 aromatic carbocycles. The number of hydrogen-bond donors (Lipinski definition) is 1. The number of pyridine rings is 1. The predicted octanol–water partition coefficient (Wildman–Crippen LogP) is 0.879. The average Bonchev–Trinajstić information content (AvgIpc) is 2.74. The van der Waals surface area contributed by atoms with Crippen LogP contribution in [0.1, 0.15) is 10.4 Å². The fraction of sp³-hybridized carbons (Fsp3) is 0. The molecule has 0 atom stereocenters. The Kier molecular flexibility index (Phi) is 3.23. The first-order valence-corrected chi connectivity index (χ1v) is 5.71. The van der Waals surface area contributed by atoms with Crippen molar-refractivity contribution in [3.63, 3.8) is 0 Å². The maximum absolute atomic E-state index is 11.3. The molecule has 18 heavy (non-hydrogen) atoms. The molecule has 0 aliphatic heterocycles. The quantitative estimate of drug-likeness (QED) is 0.496. The number of halogens is 1. The standard InChI is InChI=1S/C9H6IN5O3/c10-5-2-13-14(4-5)9-7(8(11)16)1-6(3-12-9)15(17)18/h1-4H,(H2,11,16). The number of nitrogens with zero attached hydrogens (tertiary/aromatic N) is 4. The maximum atomic E-state index is 11.3. The second-order valence-corrected chi connectivity index (χ2v) is 4.53. The number of carbonyl (C=O) groups excluding carboxylic acids is 1. The lowest BCUT2D eigenvalue weighted by Crippen LogP contribution is -2.16. The third-order valence-corrected chi connectivity index (χ3v) is 2.65. The van der Waals surface area contributed by atoms with Crippen LogP contribution >= 0.6 is 22.6 Å². The van der Waals surface area contributed by atoms with E-state index >= 15 is 0 Å². The fourth-order valence-corrected chi connectivity index (χ4v) is 1.72. The third-order valence-electron chi connectivity index (χ3n) is 2.10. The Morgan fingerprint density at radius 2 is 2.22 bits per heavy atom. The molecule has 0 aliphatic rings. The fourth-order valence-electron chi connectivity index (χ4n) is 1.33. The minimum atomic E-state index is -0.799. The number of primary amides is 1. The van der Waals surface area contributed by atoms with Crippen molar-refractivity contribution < 1.29 is 9.72 Å². The van der Waals surface area contributed by atoms with Gasteiger partial charge in [0.05, 0.1) is 20.3 Å². The van der Waals surface area contributed by atoms with Gasteiger partial charge >= 0.3 is 0 Å². The number of amides is 1. The Hall–Kier alpha value is -2.04. The summed E-state index contributed by atoms with van der Waals surface area (Å²) in [5.41, 5.74) is 4.83. The van der Waals surface area contributed by atoms with Gasteiger partial charge in [-0.1, -0.05) is 0 Å². The normalized spacial score (nSPS) is 10.3. The van der Waals surface area contributed by atoms with E-state index in [2.05, 4.69) is 10.1 Å². The highest BCUT2D eigenvalue weighted by Crippen LogP contribution is 2.18. The highest BCUT2D eigenvalue weighted by Gasteiger charge is 2.17. The van der Waals surface area contributed by atoms with E-state index < -0.39 is 10.8 Å². The summed E-state index contributed by atoms with van der Waals surface area (Å²) in [6.07, 6.45) is 4.24. The van der Waals surface area contributed by atoms with Crippen LogP contribution in [0.25, 0.3) is 5.82 Å². The van der Waals surface area contributed by atoms with Gasteiger partial charge in [0.2, 0.25) is 0 Å². The van der Waals surface area contributed by atoms with Gasteiger partial charge in [-0.05, 0) is 22.6 Å². The topological polar surface area (TPSA) is 117 Å². The summed E-state index contributed by atoms with van der Waals surface area (Å²) in [4.78, 5) is 25.1. The molecule has 92 valence electrons. The highest BCUT2D eigenvalue weighted by atomic mass is 127. The molecule has 8 nitrogen and oxygen atoms in total. The second kappa shape index (κ2) is 4.68. The molecule has 2 aromatic heterocycles. The van der Waals surface area contributed by atoms with E-state index in [1.54, 1.807) is 12.4 Å². The Morgan fingerprint density at radius 1 is 1.50 bits per heavy atom. The number of carbonyl (C=O) groups is 1. The Balaban J connectivity index is 2.60. The Morgan fingerprint density at radius 3 is 2.72 bits per heavy atom. The molecule has 2 heterocycles. The van der Waals surface area contributed by atoms with Crippen LogP contribution in [-0.4, -0.2) is 25.6 Å². The number of nitrogens with two attached hydrogens (primary N) is 1. The summed E-state index contributed by atoms with van der Waals surface area (Å²) in [6.45, 7) is 0. The van der Waals surface area contributed by atoms with Crippen molar-refractivity contribution in [3.8, 4) is 5.82 Å². The maximum Gasteiger partial charge on any atom is 0.288 e. The van der Waals surface area contributed by atoms with Crippen molar-refractivity contribution in [1.29, 1.82) is 0 Å². The first-order chi connectivity index (χ1) is 8.49. The van der Waals surface area contributed by atoms with Crippen LogP contribution in [0.3, 0.4) is 0 Å². The smallest absolute Gasteiger partial charge is 0.288 e. The lowest BCUT2D eigenvalue weighted by atomic mass is 10.2. The van der Waals surface area contributed by atoms with E-state index in [0.717, 1.165) is 15.8 Å². The summed E-state index contributed by atoms with van der Waals surface area (Å²) in [7, 11) is 0. The molecule has 0 spiro atoms. The van der Waals surface area contributed by atoms with Gasteiger partial charge < -0.3 is 5.73 Å². The van der Waals surface area contributed by atoms with Gasteiger partial charge in [-0.15, -0.1) is 0 Å². The first kappa shape index (κ1) is 12.4. The summed E-state index contributed by atoms with van der Waals surface area (Å²) < 4.78 is 2.18. The number of aromatic nitrogens is 3. The SMILES string of the molecule is NC(=O)c1cc([N+](=O)[O-])cnc1-n1cc(I)cn1. The number of nitro groups is 1. The van der Waals surface area contributed by atoms with E-state index in [0.29, 0.717) is 0 Å². The lowest BCUT2D eigenvalue weighted by Gasteiger charge is -2.04. The van der Waals surface area contributed by atoms with Gasteiger partial charge in [0.25, 0.3) is 11.6 Å². The predicted molar refractivity (Wildman–Crippen MR) is 69.2 cm³/mol. The van der Waals surface area contributed by atoms with Crippen LogP contribution in [0, 0.1) is 13.7 Å². The van der Waals surface area contributed by atoms with Gasteiger partial charge in [0.1, 0.15) is 6.20 Å². The molecular weight excluding hydrogens is 353 g/mol. The third kappa shape index (κ3) is 2.30. The molecule has 2 N–H and O–H groups in total. The molecule has 1 amide bonds. The van der Waals surface area contributed by atoms with E-state index in [9.17, 15) is 14.9 Å². The number of rotatable bonds is 3. The molecule has 2 aromatic rings. The van der Waals surface area contributed by atoms with E-state index in [-0.39, 0.29) is 17.1 Å². The van der Waals surface area contributed by atoms with E-state index in [1.807, 2.05) is 22.6 Å². The zero-order chi connectivity index (χ0) is 13.3. The molecule has 0 fully saturated rings. The van der Waals surface area contributed by atoms with Crippen LogP contribution in [0.5, 0.6) is 0 Å². The van der Waals surface area contributed by atoms with Crippen molar-refractivity contribution in [2.24, 2.45) is 5.73 Å². The van der Waals surface area contributed by atoms with E-state index in [4.69, 9.17) is 5.73 Å². The van der Waals surface area contributed by atoms with Crippen molar-refractivity contribution in [1.82, 2.24) is 14.8 Å². The van der Waals surface area contributed by atoms with Crippen molar-refractivity contribution >= 4 is 34.2 Å². The molecule has 0 aliphatic carbocycles. The Labute approximate surface area is 114 Å². The highest BCUT2D eigenvalue weighted by molar-refractivity contribution is 14.1. The average molecular weight is 359 g/mol. The summed E-state index contributed by atoms with van der Waals surface area (Å²) in [6, 6.07) is 1.08. The lowest BCUT2D eigenvalue weighted by molar-refractivity contribution is -0.385. The van der Waals surface area contributed by atoms with Crippen LogP contribution < -0.4 is 5.73 Å². The van der Waals surface area contributed by atoms with Crippen LogP contribution in [0.2, 0.25) is 0 Å². The van der Waals surface area contributed by atoms with Crippen molar-refractivity contribution in [2.75, 3.05) is 0 Å². The summed E-state index contributed by atoms with van der Waals surface area (Å²) in [5.74, 6) is -0.636. The van der Waals surface area contributed by atoms with Crippen LogP contribution in [0.4, 0.5) is 5.69 Å². The number of hydrogen-bond acceptors (Lipinski definition) is 5. The summed E-state index contributed by atoms with van der Waals surface area (Å²) >= 11 is 2.04. The van der Waals surface area contributed by atoms with Gasteiger partial charge in [-0.3, -0.25) is 14.9 Å². The van der Waals surface area contributed by atoms with Crippen molar-refractivity contribution in [2.45, 2.75) is 0 Å². The zero-order valence-corrected chi connectivity index (χ0v) is 10.9. The van der Waals surface area contributed by atoms with Crippen molar-refractivity contribution in [3.05, 3.63) is 43.9 Å². The minimum Gasteiger partial charge on any atom is -0.365 e. The largest absolute Gasteiger partial charge is 0.365 e. The monoisotopic (exact) mass is 359 g/mol. The minimum absolute atomic E-state index is 0.0521. The van der Waals surface area contributed by atoms with Gasteiger partial charge in [-0.25, -0.2) is 9.67 Å².